The van der Waals surface area contributed by atoms with Crippen LogP contribution < -0.4 is 0 Å². The predicted molar refractivity (Wildman–Crippen MR) is 85.9 cm³/mol. The van der Waals surface area contributed by atoms with Crippen LogP contribution in [-0.4, -0.2) is 28.9 Å². The summed E-state index contributed by atoms with van der Waals surface area (Å²) in [4.78, 5) is 23.9. The molecule has 1 rings (SSSR count). The topological polar surface area (TPSA) is 37.4 Å². The van der Waals surface area contributed by atoms with Crippen LogP contribution in [0.1, 0.15) is 64.2 Å². The van der Waals surface area contributed by atoms with E-state index < -0.39 is 0 Å². The lowest BCUT2D eigenvalue weighted by Crippen LogP contribution is -2.26. The van der Waals surface area contributed by atoms with E-state index in [1.54, 1.807) is 6.20 Å². The molecular weight excluding hydrogens is 270 g/mol. The van der Waals surface area contributed by atoms with Gasteiger partial charge in [-0.3, -0.25) is 9.59 Å². The van der Waals surface area contributed by atoms with E-state index in [4.69, 9.17) is 0 Å². The van der Waals surface area contributed by atoms with E-state index >= 15 is 0 Å². The molecule has 3 nitrogen and oxygen atoms in total. The number of hydrogen-bond acceptors (Lipinski definition) is 3. The van der Waals surface area contributed by atoms with Crippen molar-refractivity contribution < 1.29 is 9.59 Å². The zero-order chi connectivity index (χ0) is 14.6. The molecule has 0 saturated heterocycles. The standard InChI is InChI=1S/C16H27NO2S/c18-15-11-13-17(16(15)19)12-9-7-5-3-1-2-4-6-8-10-14-20/h11,13,20H,1-10,12,14H2. The molecule has 0 fully saturated rings. The van der Waals surface area contributed by atoms with E-state index in [9.17, 15) is 9.59 Å². The minimum Gasteiger partial charge on any atom is -0.312 e. The summed E-state index contributed by atoms with van der Waals surface area (Å²) in [7, 11) is 0. The van der Waals surface area contributed by atoms with Gasteiger partial charge in [-0.1, -0.05) is 51.4 Å². The van der Waals surface area contributed by atoms with Crippen LogP contribution in [0.4, 0.5) is 0 Å². The predicted octanol–water partition coefficient (Wildman–Crippen LogP) is 3.74. The minimum absolute atomic E-state index is 0.369. The first-order chi connectivity index (χ1) is 9.75. The Labute approximate surface area is 128 Å². The normalized spacial score (nSPS) is 14.6. The first-order valence-electron chi connectivity index (χ1n) is 7.89. The first-order valence-corrected chi connectivity index (χ1v) is 8.53. The Hall–Kier alpha value is -0.770. The highest BCUT2D eigenvalue weighted by atomic mass is 32.1. The van der Waals surface area contributed by atoms with Gasteiger partial charge >= 0.3 is 0 Å². The molecule has 0 unspecified atom stereocenters. The number of carbonyl (C=O) groups is 2. The van der Waals surface area contributed by atoms with Crippen LogP contribution in [0.3, 0.4) is 0 Å². The SMILES string of the molecule is O=C1C=CN(CCCCCCCCCCCCS)C1=O. The number of ketones is 1. The smallest absolute Gasteiger partial charge is 0.298 e. The van der Waals surface area contributed by atoms with E-state index in [0.29, 0.717) is 6.54 Å². The highest BCUT2D eigenvalue weighted by Gasteiger charge is 2.22. The third kappa shape index (κ3) is 7.13. The zero-order valence-electron chi connectivity index (χ0n) is 12.4. The number of rotatable bonds is 12. The van der Waals surface area contributed by atoms with Gasteiger partial charge in [-0.25, -0.2) is 0 Å². The van der Waals surface area contributed by atoms with Crippen LogP contribution in [0.15, 0.2) is 12.3 Å². The molecule has 1 heterocycles. The molecule has 0 aromatic rings. The molecule has 0 atom stereocenters. The van der Waals surface area contributed by atoms with Crippen LogP contribution in [0.2, 0.25) is 0 Å². The van der Waals surface area contributed by atoms with Crippen LogP contribution >= 0.6 is 12.6 Å². The van der Waals surface area contributed by atoms with E-state index in [1.807, 2.05) is 0 Å². The van der Waals surface area contributed by atoms with Gasteiger partial charge in [0.1, 0.15) is 0 Å². The van der Waals surface area contributed by atoms with E-state index in [0.717, 1.165) is 18.6 Å². The van der Waals surface area contributed by atoms with Gasteiger partial charge in [0.25, 0.3) is 5.91 Å². The summed E-state index contributed by atoms with van der Waals surface area (Å²) >= 11 is 4.21. The average molecular weight is 297 g/mol. The van der Waals surface area contributed by atoms with E-state index in [-0.39, 0.29) is 11.7 Å². The van der Waals surface area contributed by atoms with Crippen LogP contribution in [0.5, 0.6) is 0 Å². The van der Waals surface area contributed by atoms with Gasteiger partial charge in [0.05, 0.1) is 0 Å². The number of amides is 1. The Balaban J connectivity index is 1.82. The summed E-state index contributed by atoms with van der Waals surface area (Å²) in [6.45, 7) is 0.685. The highest BCUT2D eigenvalue weighted by molar-refractivity contribution is 7.80. The van der Waals surface area contributed by atoms with Gasteiger partial charge in [-0.15, -0.1) is 0 Å². The molecular formula is C16H27NO2S. The monoisotopic (exact) mass is 297 g/mol. The Bertz CT molecular complexity index is 328. The Kier molecular flexibility index (Phi) is 9.46. The molecule has 0 aromatic heterocycles. The maximum atomic E-state index is 11.3. The second-order valence-electron chi connectivity index (χ2n) is 5.44. The molecule has 0 N–H and O–H groups in total. The average Bonchev–Trinajstić information content (AvgIpc) is 2.76. The molecule has 0 bridgehead atoms. The molecule has 0 aliphatic carbocycles. The van der Waals surface area contributed by atoms with Crippen molar-refractivity contribution in [3.8, 4) is 0 Å². The van der Waals surface area contributed by atoms with Crippen molar-refractivity contribution in [3.05, 3.63) is 12.3 Å². The highest BCUT2D eigenvalue weighted by Crippen LogP contribution is 2.12. The summed E-state index contributed by atoms with van der Waals surface area (Å²) < 4.78 is 0. The molecule has 0 aromatic carbocycles. The minimum atomic E-state index is -0.386. The van der Waals surface area contributed by atoms with Crippen LogP contribution in [0.25, 0.3) is 0 Å². The third-order valence-electron chi connectivity index (χ3n) is 3.68. The summed E-state index contributed by atoms with van der Waals surface area (Å²) in [6.07, 6.45) is 15.5. The lowest BCUT2D eigenvalue weighted by Gasteiger charge is -2.11. The lowest BCUT2D eigenvalue weighted by atomic mass is 10.1. The molecule has 1 amide bonds. The van der Waals surface area contributed by atoms with Crippen molar-refractivity contribution in [1.82, 2.24) is 4.90 Å². The van der Waals surface area contributed by atoms with Crippen molar-refractivity contribution >= 4 is 24.3 Å². The van der Waals surface area contributed by atoms with E-state index in [1.165, 1.54) is 62.3 Å². The second-order valence-corrected chi connectivity index (χ2v) is 5.88. The summed E-state index contributed by atoms with van der Waals surface area (Å²) in [5, 5.41) is 0. The number of nitrogens with zero attached hydrogens (tertiary/aromatic N) is 1. The maximum Gasteiger partial charge on any atom is 0.298 e. The second kappa shape index (κ2) is 11.0. The Morgan fingerprint density at radius 2 is 1.30 bits per heavy atom. The summed E-state index contributed by atoms with van der Waals surface area (Å²) in [5.74, 6) is 0.259. The van der Waals surface area contributed by atoms with Gasteiger partial charge in [0.15, 0.2) is 0 Å². The lowest BCUT2D eigenvalue weighted by molar-refractivity contribution is -0.139. The molecule has 4 heteroatoms. The van der Waals surface area contributed by atoms with Gasteiger partial charge in [0, 0.05) is 18.8 Å². The number of unbranched alkanes of at least 4 members (excludes halogenated alkanes) is 9. The largest absolute Gasteiger partial charge is 0.312 e. The fraction of sp³-hybridized carbons (Fsp3) is 0.750. The Morgan fingerprint density at radius 3 is 1.75 bits per heavy atom. The molecule has 20 heavy (non-hydrogen) atoms. The molecule has 0 saturated carbocycles. The van der Waals surface area contributed by atoms with Gasteiger partial charge in [-0.05, 0) is 18.6 Å². The summed E-state index contributed by atoms with van der Waals surface area (Å²) in [5.41, 5.74) is 0. The zero-order valence-corrected chi connectivity index (χ0v) is 13.2. The van der Waals surface area contributed by atoms with Crippen molar-refractivity contribution in [2.75, 3.05) is 12.3 Å². The van der Waals surface area contributed by atoms with Crippen molar-refractivity contribution in [3.63, 3.8) is 0 Å². The van der Waals surface area contributed by atoms with Crippen molar-refractivity contribution in [1.29, 1.82) is 0 Å². The molecule has 1 aliphatic rings. The quantitative estimate of drug-likeness (QED) is 0.338. The molecule has 0 spiro atoms. The van der Waals surface area contributed by atoms with Crippen molar-refractivity contribution in [2.45, 2.75) is 64.2 Å². The van der Waals surface area contributed by atoms with Gasteiger partial charge < -0.3 is 4.90 Å². The molecule has 0 radical (unpaired) electrons. The van der Waals surface area contributed by atoms with Gasteiger partial charge in [0.2, 0.25) is 5.78 Å². The van der Waals surface area contributed by atoms with Crippen LogP contribution in [0, 0.1) is 0 Å². The Morgan fingerprint density at radius 1 is 0.800 bits per heavy atom. The number of hydrogen-bond donors (Lipinski definition) is 1. The maximum absolute atomic E-state index is 11.3. The molecule has 114 valence electrons. The molecule has 1 aliphatic heterocycles. The first kappa shape index (κ1) is 17.3. The van der Waals surface area contributed by atoms with Gasteiger partial charge in [-0.2, -0.15) is 12.6 Å². The fourth-order valence-electron chi connectivity index (χ4n) is 2.42. The summed E-state index contributed by atoms with van der Waals surface area (Å²) in [6, 6.07) is 0. The van der Waals surface area contributed by atoms with Crippen molar-refractivity contribution in [2.24, 2.45) is 0 Å². The van der Waals surface area contributed by atoms with Crippen LogP contribution in [-0.2, 0) is 9.59 Å². The number of carbonyl (C=O) groups excluding carboxylic acids is 2. The number of thiol groups is 1. The van der Waals surface area contributed by atoms with E-state index in [2.05, 4.69) is 12.6 Å². The fourth-order valence-corrected chi connectivity index (χ4v) is 2.65. The third-order valence-corrected chi connectivity index (χ3v) is 4.00.